The molecule has 0 spiro atoms. The summed E-state index contributed by atoms with van der Waals surface area (Å²) < 4.78 is 12.1. The Morgan fingerprint density at radius 1 is 1.07 bits per heavy atom. The number of carbonyl (C=O) groups is 1. The molecule has 150 valence electrons. The van der Waals surface area contributed by atoms with Crippen molar-refractivity contribution in [1.82, 2.24) is 14.7 Å². The third-order valence-electron chi connectivity index (χ3n) is 5.38. The van der Waals surface area contributed by atoms with Gasteiger partial charge in [0.2, 0.25) is 0 Å². The number of carbonyl (C=O) groups excluding carboxylic acids is 1. The van der Waals surface area contributed by atoms with Gasteiger partial charge in [0.25, 0.3) is 11.5 Å². The zero-order valence-electron chi connectivity index (χ0n) is 16.8. The largest absolute Gasteiger partial charge is 0.493 e. The van der Waals surface area contributed by atoms with E-state index in [2.05, 4.69) is 5.10 Å². The molecule has 7 heteroatoms. The number of fused-ring (bicyclic) bond motifs is 2. The topological polar surface area (TPSA) is 73.7 Å². The van der Waals surface area contributed by atoms with Crippen LogP contribution in [0.5, 0.6) is 11.5 Å². The fraction of sp³-hybridized carbons (Fsp3) is 0.318. The van der Waals surface area contributed by atoms with Gasteiger partial charge in [0.05, 0.1) is 19.6 Å². The molecule has 2 aromatic carbocycles. The van der Waals surface area contributed by atoms with Gasteiger partial charge in [-0.3, -0.25) is 9.59 Å². The van der Waals surface area contributed by atoms with Crippen molar-refractivity contribution in [2.24, 2.45) is 0 Å². The van der Waals surface area contributed by atoms with Crippen molar-refractivity contribution in [1.29, 1.82) is 0 Å². The Hall–Kier alpha value is -3.35. The minimum atomic E-state index is -0.180. The van der Waals surface area contributed by atoms with E-state index < -0.39 is 0 Å². The van der Waals surface area contributed by atoms with Crippen LogP contribution < -0.4 is 15.0 Å². The molecular weight excluding hydrogens is 370 g/mol. The van der Waals surface area contributed by atoms with E-state index in [4.69, 9.17) is 9.47 Å². The van der Waals surface area contributed by atoms with Crippen LogP contribution in [-0.4, -0.2) is 41.4 Å². The second-order valence-electron chi connectivity index (χ2n) is 6.97. The first-order valence-electron chi connectivity index (χ1n) is 9.60. The Morgan fingerprint density at radius 3 is 2.38 bits per heavy atom. The number of aromatic nitrogens is 2. The maximum absolute atomic E-state index is 13.4. The third-order valence-corrected chi connectivity index (χ3v) is 5.38. The summed E-state index contributed by atoms with van der Waals surface area (Å²) in [6.07, 6.45) is 0.715. The number of methoxy groups -OCH3 is 2. The molecule has 7 nitrogen and oxygen atoms in total. The maximum atomic E-state index is 13.4. The number of ether oxygens (including phenoxy) is 2. The molecule has 0 radical (unpaired) electrons. The van der Waals surface area contributed by atoms with Crippen LogP contribution in [-0.2, 0) is 19.5 Å². The molecule has 1 amide bonds. The molecule has 0 N–H and O–H groups in total. The van der Waals surface area contributed by atoms with Gasteiger partial charge < -0.3 is 14.4 Å². The van der Waals surface area contributed by atoms with Crippen molar-refractivity contribution < 1.29 is 14.3 Å². The summed E-state index contributed by atoms with van der Waals surface area (Å²) >= 11 is 0. The summed E-state index contributed by atoms with van der Waals surface area (Å²) in [5.74, 6) is 1.15. The van der Waals surface area contributed by atoms with E-state index in [1.165, 1.54) is 4.68 Å². The van der Waals surface area contributed by atoms with Crippen LogP contribution in [0.4, 0.5) is 0 Å². The Balaban J connectivity index is 1.74. The first-order chi connectivity index (χ1) is 14.1. The van der Waals surface area contributed by atoms with Gasteiger partial charge >= 0.3 is 0 Å². The van der Waals surface area contributed by atoms with Crippen molar-refractivity contribution >= 4 is 16.7 Å². The van der Waals surface area contributed by atoms with Crippen LogP contribution in [0.3, 0.4) is 0 Å². The van der Waals surface area contributed by atoms with Gasteiger partial charge in [0, 0.05) is 25.0 Å². The first-order valence-corrected chi connectivity index (χ1v) is 9.60. The molecule has 3 aromatic rings. The highest BCUT2D eigenvalue weighted by atomic mass is 16.5. The number of rotatable bonds is 4. The Bertz CT molecular complexity index is 1150. The number of aryl methyl sites for hydroxylation is 1. The van der Waals surface area contributed by atoms with Gasteiger partial charge in [0.1, 0.15) is 0 Å². The fourth-order valence-electron chi connectivity index (χ4n) is 3.81. The second-order valence-corrected chi connectivity index (χ2v) is 6.97. The van der Waals surface area contributed by atoms with Gasteiger partial charge in [-0.25, -0.2) is 4.68 Å². The molecule has 0 bridgehead atoms. The van der Waals surface area contributed by atoms with Crippen molar-refractivity contribution in [2.75, 3.05) is 20.8 Å². The number of hydrogen-bond donors (Lipinski definition) is 0. The minimum absolute atomic E-state index is 0.177. The van der Waals surface area contributed by atoms with Crippen LogP contribution >= 0.6 is 0 Å². The molecule has 2 heterocycles. The summed E-state index contributed by atoms with van der Waals surface area (Å²) in [7, 11) is 3.21. The predicted molar refractivity (Wildman–Crippen MR) is 110 cm³/mol. The van der Waals surface area contributed by atoms with Crippen molar-refractivity contribution in [3.63, 3.8) is 0 Å². The molecule has 0 saturated carbocycles. The monoisotopic (exact) mass is 393 g/mol. The summed E-state index contributed by atoms with van der Waals surface area (Å²) in [6, 6.07) is 11.0. The quantitative estimate of drug-likeness (QED) is 0.681. The lowest BCUT2D eigenvalue weighted by atomic mass is 9.98. The SMILES string of the molecule is CCn1nc(C(=O)N2CCc3cc(OC)c(OC)cc3C2)c2ccccc2c1=O. The van der Waals surface area contributed by atoms with Crippen molar-refractivity contribution in [3.8, 4) is 11.5 Å². The summed E-state index contributed by atoms with van der Waals surface area (Å²) in [6.45, 7) is 3.27. The Kier molecular flexibility index (Phi) is 4.96. The molecule has 0 unspecified atom stereocenters. The van der Waals surface area contributed by atoms with Gasteiger partial charge in [-0.15, -0.1) is 0 Å². The number of amides is 1. The summed E-state index contributed by atoms with van der Waals surface area (Å²) in [5.41, 5.74) is 2.30. The molecule has 1 aliphatic rings. The molecule has 0 atom stereocenters. The van der Waals surface area contributed by atoms with Crippen LogP contribution in [0.2, 0.25) is 0 Å². The van der Waals surface area contributed by atoms with Crippen LogP contribution in [0.25, 0.3) is 10.8 Å². The van der Waals surface area contributed by atoms with Crippen molar-refractivity contribution in [2.45, 2.75) is 26.4 Å². The van der Waals surface area contributed by atoms with Gasteiger partial charge in [-0.05, 0) is 42.7 Å². The highest BCUT2D eigenvalue weighted by molar-refractivity contribution is 6.04. The normalized spacial score (nSPS) is 13.3. The standard InChI is InChI=1S/C22H23N3O4/c1-4-25-21(26)17-8-6-5-7-16(17)20(23-25)22(27)24-10-9-14-11-18(28-2)19(29-3)12-15(14)13-24/h5-8,11-12H,4,9-10,13H2,1-3H3. The molecule has 29 heavy (non-hydrogen) atoms. The van der Waals surface area contributed by atoms with Gasteiger partial charge in [-0.1, -0.05) is 18.2 Å². The zero-order valence-corrected chi connectivity index (χ0v) is 16.8. The third kappa shape index (κ3) is 3.22. The van der Waals surface area contributed by atoms with E-state index in [1.54, 1.807) is 37.3 Å². The molecule has 0 fully saturated rings. The molecule has 1 aromatic heterocycles. The van der Waals surface area contributed by atoms with Crippen LogP contribution in [0.15, 0.2) is 41.2 Å². The Morgan fingerprint density at radius 2 is 1.72 bits per heavy atom. The van der Waals surface area contributed by atoms with E-state index in [0.717, 1.165) is 11.1 Å². The molecule has 1 aliphatic heterocycles. The molecule has 0 saturated heterocycles. The molecule has 0 aliphatic carbocycles. The highest BCUT2D eigenvalue weighted by Crippen LogP contribution is 2.33. The number of hydrogen-bond acceptors (Lipinski definition) is 5. The fourth-order valence-corrected chi connectivity index (χ4v) is 3.81. The van der Waals surface area contributed by atoms with Crippen LogP contribution in [0.1, 0.15) is 28.5 Å². The first kappa shape index (κ1) is 19.0. The average Bonchev–Trinajstić information content (AvgIpc) is 2.77. The lowest BCUT2D eigenvalue weighted by Crippen LogP contribution is -2.38. The smallest absolute Gasteiger partial charge is 0.275 e. The lowest BCUT2D eigenvalue weighted by Gasteiger charge is -2.29. The summed E-state index contributed by atoms with van der Waals surface area (Å²) in [5, 5.41) is 5.48. The minimum Gasteiger partial charge on any atom is -0.493 e. The van der Waals surface area contributed by atoms with E-state index in [9.17, 15) is 9.59 Å². The van der Waals surface area contributed by atoms with E-state index in [1.807, 2.05) is 25.1 Å². The van der Waals surface area contributed by atoms with E-state index >= 15 is 0 Å². The predicted octanol–water partition coefficient (Wildman–Crippen LogP) is 2.63. The number of nitrogens with zero attached hydrogens (tertiary/aromatic N) is 3. The van der Waals surface area contributed by atoms with E-state index in [-0.39, 0.29) is 11.5 Å². The van der Waals surface area contributed by atoms with Crippen molar-refractivity contribution in [3.05, 3.63) is 63.6 Å². The lowest BCUT2D eigenvalue weighted by molar-refractivity contribution is 0.0728. The van der Waals surface area contributed by atoms with Gasteiger partial charge in [-0.2, -0.15) is 5.10 Å². The van der Waals surface area contributed by atoms with E-state index in [0.29, 0.717) is 54.0 Å². The van der Waals surface area contributed by atoms with Gasteiger partial charge in [0.15, 0.2) is 17.2 Å². The van der Waals surface area contributed by atoms with Crippen LogP contribution in [0, 0.1) is 0 Å². The second kappa shape index (κ2) is 7.58. The number of benzene rings is 2. The average molecular weight is 393 g/mol. The zero-order chi connectivity index (χ0) is 20.5. The molecule has 4 rings (SSSR count). The molecular formula is C22H23N3O4. The maximum Gasteiger partial charge on any atom is 0.275 e. The highest BCUT2D eigenvalue weighted by Gasteiger charge is 2.26. The summed E-state index contributed by atoms with van der Waals surface area (Å²) in [4.78, 5) is 27.7. The Labute approximate surface area is 168 Å².